The summed E-state index contributed by atoms with van der Waals surface area (Å²) in [6.07, 6.45) is 28.6. The first kappa shape index (κ1) is 42.1. The van der Waals surface area contributed by atoms with Crippen LogP contribution in [0.3, 0.4) is 0 Å². The SMILES string of the molecule is C=CC(=O)OCCCC.C=CC(=O)OCCCCCCCCCCCCCCCCCC.CCC=C(C)C(=O)O. The lowest BCUT2D eigenvalue weighted by atomic mass is 10.0. The van der Waals surface area contributed by atoms with Crippen LogP contribution in [0.25, 0.3) is 0 Å². The van der Waals surface area contributed by atoms with Gasteiger partial charge in [-0.2, -0.15) is 0 Å². The Bertz CT molecular complexity index is 638. The summed E-state index contributed by atoms with van der Waals surface area (Å²) in [5.41, 5.74) is 0.424. The molecule has 0 aliphatic carbocycles. The molecule has 1 N–H and O–H groups in total. The molecule has 0 fully saturated rings. The molecule has 0 aliphatic rings. The van der Waals surface area contributed by atoms with Crippen molar-refractivity contribution in [3.63, 3.8) is 0 Å². The summed E-state index contributed by atoms with van der Waals surface area (Å²) in [5, 5.41) is 8.24. The normalized spacial score (nSPS) is 10.3. The van der Waals surface area contributed by atoms with Crippen molar-refractivity contribution in [2.75, 3.05) is 13.2 Å². The fourth-order valence-corrected chi connectivity index (χ4v) is 3.65. The molecule has 0 amide bonds. The summed E-state index contributed by atoms with van der Waals surface area (Å²) < 4.78 is 9.63. The highest BCUT2D eigenvalue weighted by atomic mass is 16.5. The van der Waals surface area contributed by atoms with E-state index < -0.39 is 5.97 Å². The molecule has 0 aromatic carbocycles. The fourth-order valence-electron chi connectivity index (χ4n) is 3.65. The van der Waals surface area contributed by atoms with Gasteiger partial charge in [0.25, 0.3) is 0 Å². The average molecular weight is 567 g/mol. The van der Waals surface area contributed by atoms with Crippen molar-refractivity contribution in [3.05, 3.63) is 37.0 Å². The molecule has 0 bridgehead atoms. The van der Waals surface area contributed by atoms with E-state index in [0.29, 0.717) is 18.8 Å². The predicted molar refractivity (Wildman–Crippen MR) is 168 cm³/mol. The Morgan fingerprint density at radius 3 is 1.18 bits per heavy atom. The number of ether oxygens (including phenoxy) is 2. The van der Waals surface area contributed by atoms with Gasteiger partial charge < -0.3 is 14.6 Å². The number of carboxylic acid groups (broad SMARTS) is 1. The van der Waals surface area contributed by atoms with Gasteiger partial charge in [0.05, 0.1) is 13.2 Å². The molecular formula is C34H62O6. The zero-order chi connectivity index (χ0) is 30.7. The number of hydrogen-bond donors (Lipinski definition) is 1. The molecule has 0 aromatic heterocycles. The van der Waals surface area contributed by atoms with Crippen molar-refractivity contribution in [3.8, 4) is 0 Å². The average Bonchev–Trinajstić information content (AvgIpc) is 2.95. The van der Waals surface area contributed by atoms with Gasteiger partial charge in [-0.05, 0) is 26.2 Å². The van der Waals surface area contributed by atoms with Gasteiger partial charge in [-0.3, -0.25) is 0 Å². The number of allylic oxidation sites excluding steroid dienone is 1. The standard InChI is InChI=1S/C21H40O2.C7H12O2.C6H10O2/c1-3-5-6-7-8-9-10-11-12-13-14-15-16-17-18-19-20-23-21(22)4-2;1-3-5-6-9-7(8)4-2;1-3-4-5(2)6(7)8/h4H,2-3,5-20H2,1H3;4H,2-3,5-6H2,1H3;4H,3H2,1-2H3,(H,7,8). The number of unbranched alkanes of at least 4 members (excludes halogenated alkanes) is 16. The highest BCUT2D eigenvalue weighted by Crippen LogP contribution is 2.13. The van der Waals surface area contributed by atoms with Crippen LogP contribution in [0.4, 0.5) is 0 Å². The molecule has 0 atom stereocenters. The molecule has 0 rings (SSSR count). The van der Waals surface area contributed by atoms with E-state index in [0.717, 1.165) is 25.7 Å². The van der Waals surface area contributed by atoms with E-state index in [2.05, 4.69) is 24.8 Å². The summed E-state index contributed by atoms with van der Waals surface area (Å²) in [5.74, 6) is -1.46. The number of hydrogen-bond acceptors (Lipinski definition) is 5. The Kier molecular flexibility index (Phi) is 38.6. The Balaban J connectivity index is -0.000000655. The number of carboxylic acids is 1. The second-order valence-electron chi connectivity index (χ2n) is 10.0. The van der Waals surface area contributed by atoms with Crippen LogP contribution in [0.1, 0.15) is 150 Å². The van der Waals surface area contributed by atoms with Gasteiger partial charge >= 0.3 is 17.9 Å². The van der Waals surface area contributed by atoms with E-state index in [1.807, 2.05) is 13.8 Å². The van der Waals surface area contributed by atoms with Crippen LogP contribution in [0.2, 0.25) is 0 Å². The van der Waals surface area contributed by atoms with E-state index in [9.17, 15) is 14.4 Å². The summed E-state index contributed by atoms with van der Waals surface area (Å²) >= 11 is 0. The lowest BCUT2D eigenvalue weighted by Crippen LogP contribution is -2.01. The predicted octanol–water partition coefficient (Wildman–Crippen LogP) is 9.92. The van der Waals surface area contributed by atoms with Crippen molar-refractivity contribution in [2.45, 2.75) is 150 Å². The van der Waals surface area contributed by atoms with E-state index in [1.165, 1.54) is 108 Å². The Hall–Kier alpha value is -2.37. The zero-order valence-electron chi connectivity index (χ0n) is 26.5. The third-order valence-corrected chi connectivity index (χ3v) is 6.17. The maximum absolute atomic E-state index is 10.8. The van der Waals surface area contributed by atoms with E-state index in [4.69, 9.17) is 9.84 Å². The van der Waals surface area contributed by atoms with Crippen molar-refractivity contribution >= 4 is 17.9 Å². The van der Waals surface area contributed by atoms with Gasteiger partial charge in [-0.25, -0.2) is 14.4 Å². The van der Waals surface area contributed by atoms with Gasteiger partial charge in [0, 0.05) is 17.7 Å². The van der Waals surface area contributed by atoms with Crippen LogP contribution in [0.15, 0.2) is 37.0 Å². The first-order chi connectivity index (χ1) is 19.3. The topological polar surface area (TPSA) is 89.9 Å². The number of esters is 2. The zero-order valence-corrected chi connectivity index (χ0v) is 26.5. The van der Waals surface area contributed by atoms with Crippen molar-refractivity contribution in [1.29, 1.82) is 0 Å². The summed E-state index contributed by atoms with van der Waals surface area (Å²) in [6, 6.07) is 0. The van der Waals surface area contributed by atoms with Crippen LogP contribution >= 0.6 is 0 Å². The largest absolute Gasteiger partial charge is 0.478 e. The van der Waals surface area contributed by atoms with E-state index in [1.54, 1.807) is 13.0 Å². The molecule has 0 unspecified atom stereocenters. The van der Waals surface area contributed by atoms with Gasteiger partial charge in [0.1, 0.15) is 0 Å². The first-order valence-electron chi connectivity index (χ1n) is 15.8. The van der Waals surface area contributed by atoms with Gasteiger partial charge in [0.15, 0.2) is 0 Å². The van der Waals surface area contributed by atoms with Gasteiger partial charge in [-0.15, -0.1) is 0 Å². The molecule has 0 saturated carbocycles. The van der Waals surface area contributed by atoms with Crippen LogP contribution in [0.5, 0.6) is 0 Å². The minimum absolute atomic E-state index is 0.300. The maximum Gasteiger partial charge on any atom is 0.330 e. The van der Waals surface area contributed by atoms with Crippen molar-refractivity contribution in [1.82, 2.24) is 0 Å². The fraction of sp³-hybridized carbons (Fsp3) is 0.735. The minimum Gasteiger partial charge on any atom is -0.478 e. The summed E-state index contributed by atoms with van der Waals surface area (Å²) in [7, 11) is 0. The molecule has 0 aliphatic heterocycles. The van der Waals surface area contributed by atoms with Crippen LogP contribution in [-0.2, 0) is 23.9 Å². The number of carbonyl (C=O) groups excluding carboxylic acids is 2. The van der Waals surface area contributed by atoms with Crippen LogP contribution in [-0.4, -0.2) is 36.2 Å². The van der Waals surface area contributed by atoms with Crippen molar-refractivity contribution < 1.29 is 29.0 Å². The monoisotopic (exact) mass is 566 g/mol. The molecule has 0 heterocycles. The maximum atomic E-state index is 10.8. The Morgan fingerprint density at radius 1 is 0.575 bits per heavy atom. The molecule has 0 spiro atoms. The summed E-state index contributed by atoms with van der Waals surface area (Å²) in [6.45, 7) is 15.5. The minimum atomic E-state index is -0.827. The first-order valence-corrected chi connectivity index (χ1v) is 15.8. The van der Waals surface area contributed by atoms with Crippen molar-refractivity contribution in [2.24, 2.45) is 0 Å². The Labute approximate surface area is 246 Å². The van der Waals surface area contributed by atoms with Gasteiger partial charge in [-0.1, -0.05) is 143 Å². The lowest BCUT2D eigenvalue weighted by molar-refractivity contribution is -0.138. The van der Waals surface area contributed by atoms with E-state index >= 15 is 0 Å². The molecule has 0 radical (unpaired) electrons. The molecule has 0 saturated heterocycles. The van der Waals surface area contributed by atoms with E-state index in [-0.39, 0.29) is 11.9 Å². The smallest absolute Gasteiger partial charge is 0.330 e. The lowest BCUT2D eigenvalue weighted by Gasteiger charge is -2.04. The number of rotatable bonds is 24. The molecule has 40 heavy (non-hydrogen) atoms. The molecule has 6 nitrogen and oxygen atoms in total. The molecule has 0 aromatic rings. The quantitative estimate of drug-likeness (QED) is 0.0710. The second kappa shape index (κ2) is 36.6. The van der Waals surface area contributed by atoms with Gasteiger partial charge in [0.2, 0.25) is 0 Å². The number of carbonyl (C=O) groups is 3. The third kappa shape index (κ3) is 40.1. The second-order valence-corrected chi connectivity index (χ2v) is 10.0. The van der Waals surface area contributed by atoms with Crippen LogP contribution < -0.4 is 0 Å². The number of aliphatic carboxylic acids is 1. The molecule has 6 heteroatoms. The molecular weight excluding hydrogens is 504 g/mol. The Morgan fingerprint density at radius 2 is 0.900 bits per heavy atom. The third-order valence-electron chi connectivity index (χ3n) is 6.17. The highest BCUT2D eigenvalue weighted by Gasteiger charge is 1.97. The summed E-state index contributed by atoms with van der Waals surface area (Å²) in [4.78, 5) is 31.2. The highest BCUT2D eigenvalue weighted by molar-refractivity contribution is 5.85. The van der Waals surface area contributed by atoms with Crippen LogP contribution in [0, 0.1) is 0 Å². The molecule has 234 valence electrons.